The van der Waals surface area contributed by atoms with E-state index in [9.17, 15) is 13.2 Å². The molecule has 3 aromatic heterocycles. The summed E-state index contributed by atoms with van der Waals surface area (Å²) in [6, 6.07) is 2.11. The second-order valence-corrected chi connectivity index (χ2v) is 4.79. The number of anilines is 2. The van der Waals surface area contributed by atoms with E-state index in [1.807, 2.05) is 0 Å². The fourth-order valence-corrected chi connectivity index (χ4v) is 2.00. The van der Waals surface area contributed by atoms with Crippen molar-refractivity contribution in [2.24, 2.45) is 7.05 Å². The van der Waals surface area contributed by atoms with Gasteiger partial charge < -0.3 is 9.88 Å². The van der Waals surface area contributed by atoms with Crippen LogP contribution in [0.3, 0.4) is 0 Å². The molecule has 0 radical (unpaired) electrons. The van der Waals surface area contributed by atoms with E-state index >= 15 is 0 Å². The molecule has 1 N–H and O–H groups in total. The first kappa shape index (κ1) is 14.5. The molecule has 0 aliphatic heterocycles. The summed E-state index contributed by atoms with van der Waals surface area (Å²) >= 11 is 5.75. The molecule has 0 spiro atoms. The molecule has 0 amide bonds. The van der Waals surface area contributed by atoms with E-state index in [2.05, 4.69) is 25.3 Å². The van der Waals surface area contributed by atoms with Gasteiger partial charge in [0.15, 0.2) is 5.65 Å². The summed E-state index contributed by atoms with van der Waals surface area (Å²) in [5, 5.41) is 2.98. The maximum absolute atomic E-state index is 12.7. The van der Waals surface area contributed by atoms with E-state index in [1.165, 1.54) is 6.07 Å². The Labute approximate surface area is 127 Å². The first-order chi connectivity index (χ1) is 10.3. The number of nitrogens with one attached hydrogen (secondary N) is 1. The standard InChI is InChI=1S/C12H8ClF3N6/c1-22-4-8(17-5-22)19-10-6-2-3-7(12(14,15)16)18-9(6)20-11(13)21-10/h2-5H,1H3,(H,18,19,20,21). The Morgan fingerprint density at radius 1 is 1.18 bits per heavy atom. The van der Waals surface area contributed by atoms with Crippen LogP contribution < -0.4 is 5.32 Å². The average molecular weight is 329 g/mol. The highest BCUT2D eigenvalue weighted by atomic mass is 35.5. The molecule has 6 nitrogen and oxygen atoms in total. The second-order valence-electron chi connectivity index (χ2n) is 4.46. The zero-order valence-corrected chi connectivity index (χ0v) is 11.8. The van der Waals surface area contributed by atoms with Crippen molar-refractivity contribution < 1.29 is 13.2 Å². The molecule has 0 atom stereocenters. The largest absolute Gasteiger partial charge is 0.433 e. The minimum atomic E-state index is -4.56. The fourth-order valence-electron chi connectivity index (χ4n) is 1.84. The summed E-state index contributed by atoms with van der Waals surface area (Å²) < 4.78 is 39.8. The number of hydrogen-bond donors (Lipinski definition) is 1. The molecule has 0 aliphatic rings. The van der Waals surface area contributed by atoms with Crippen molar-refractivity contribution in [2.45, 2.75) is 6.18 Å². The Kier molecular flexibility index (Phi) is 3.36. The van der Waals surface area contributed by atoms with Crippen LogP contribution in [0.2, 0.25) is 5.28 Å². The van der Waals surface area contributed by atoms with Gasteiger partial charge in [-0.2, -0.15) is 23.1 Å². The minimum Gasteiger partial charge on any atom is -0.338 e. The Bertz CT molecular complexity index is 844. The lowest BCUT2D eigenvalue weighted by Crippen LogP contribution is -2.09. The predicted molar refractivity (Wildman–Crippen MR) is 73.8 cm³/mol. The number of nitrogens with zero attached hydrogens (tertiary/aromatic N) is 5. The summed E-state index contributed by atoms with van der Waals surface area (Å²) in [5.41, 5.74) is -1.19. The van der Waals surface area contributed by atoms with Crippen molar-refractivity contribution in [3.8, 4) is 0 Å². The van der Waals surface area contributed by atoms with Gasteiger partial charge >= 0.3 is 6.18 Å². The molecule has 0 fully saturated rings. The summed E-state index contributed by atoms with van der Waals surface area (Å²) in [6.07, 6.45) is -1.31. The van der Waals surface area contributed by atoms with Gasteiger partial charge in [0.1, 0.15) is 17.3 Å². The van der Waals surface area contributed by atoms with Crippen LogP contribution in [0.5, 0.6) is 0 Å². The van der Waals surface area contributed by atoms with Crippen LogP contribution in [0.1, 0.15) is 5.69 Å². The molecular formula is C12H8ClF3N6. The number of fused-ring (bicyclic) bond motifs is 1. The van der Waals surface area contributed by atoms with E-state index in [0.29, 0.717) is 11.2 Å². The fraction of sp³-hybridized carbons (Fsp3) is 0.167. The van der Waals surface area contributed by atoms with E-state index < -0.39 is 11.9 Å². The summed E-state index contributed by atoms with van der Waals surface area (Å²) in [6.45, 7) is 0. The highest BCUT2D eigenvalue weighted by molar-refractivity contribution is 6.28. The van der Waals surface area contributed by atoms with Crippen LogP contribution in [0.4, 0.5) is 24.8 Å². The number of rotatable bonds is 2. The minimum absolute atomic E-state index is 0.145. The van der Waals surface area contributed by atoms with Crippen LogP contribution in [-0.4, -0.2) is 24.5 Å². The molecule has 10 heteroatoms. The molecule has 114 valence electrons. The number of aryl methyl sites for hydroxylation is 1. The molecule has 0 saturated carbocycles. The molecule has 3 rings (SSSR count). The molecule has 22 heavy (non-hydrogen) atoms. The van der Waals surface area contributed by atoms with Crippen LogP contribution in [0.15, 0.2) is 24.7 Å². The van der Waals surface area contributed by atoms with Gasteiger partial charge in [0, 0.05) is 13.2 Å². The van der Waals surface area contributed by atoms with Crippen LogP contribution in [0, 0.1) is 0 Å². The molecule has 3 aromatic rings. The maximum atomic E-state index is 12.7. The zero-order valence-electron chi connectivity index (χ0n) is 11.1. The number of pyridine rings is 1. The maximum Gasteiger partial charge on any atom is 0.433 e. The third-order valence-corrected chi connectivity index (χ3v) is 2.94. The second kappa shape index (κ2) is 5.09. The van der Waals surface area contributed by atoms with Gasteiger partial charge in [-0.1, -0.05) is 0 Å². The van der Waals surface area contributed by atoms with Crippen molar-refractivity contribution >= 4 is 34.3 Å². The van der Waals surface area contributed by atoms with E-state index in [4.69, 9.17) is 11.6 Å². The van der Waals surface area contributed by atoms with Crippen LogP contribution in [-0.2, 0) is 13.2 Å². The summed E-state index contributed by atoms with van der Waals surface area (Å²) in [4.78, 5) is 15.2. The summed E-state index contributed by atoms with van der Waals surface area (Å²) in [5.74, 6) is 0.702. The van der Waals surface area contributed by atoms with Gasteiger partial charge in [-0.05, 0) is 23.7 Å². The number of hydrogen-bond acceptors (Lipinski definition) is 5. The molecule has 0 unspecified atom stereocenters. The van der Waals surface area contributed by atoms with Crippen molar-refractivity contribution in [3.05, 3.63) is 35.6 Å². The van der Waals surface area contributed by atoms with Gasteiger partial charge in [0.25, 0.3) is 0 Å². The number of halogens is 4. The first-order valence-electron chi connectivity index (χ1n) is 5.99. The highest BCUT2D eigenvalue weighted by Crippen LogP contribution is 2.30. The van der Waals surface area contributed by atoms with Gasteiger partial charge in [-0.3, -0.25) is 0 Å². The SMILES string of the molecule is Cn1cnc(Nc2nc(Cl)nc3nc(C(F)(F)F)ccc23)c1. The molecule has 0 aliphatic carbocycles. The van der Waals surface area contributed by atoms with E-state index in [1.54, 1.807) is 24.1 Å². The molecular weight excluding hydrogens is 321 g/mol. The van der Waals surface area contributed by atoms with Gasteiger partial charge in [-0.25, -0.2) is 9.97 Å². The lowest BCUT2D eigenvalue weighted by atomic mass is 10.2. The first-order valence-corrected chi connectivity index (χ1v) is 6.37. The van der Waals surface area contributed by atoms with Gasteiger partial charge in [0.2, 0.25) is 5.28 Å². The Morgan fingerprint density at radius 3 is 2.59 bits per heavy atom. The van der Waals surface area contributed by atoms with Gasteiger partial charge in [-0.15, -0.1) is 0 Å². The quantitative estimate of drug-likeness (QED) is 0.732. The molecule has 0 bridgehead atoms. The van der Waals surface area contributed by atoms with Crippen molar-refractivity contribution in [1.82, 2.24) is 24.5 Å². The Balaban J connectivity index is 2.10. The van der Waals surface area contributed by atoms with E-state index in [0.717, 1.165) is 6.07 Å². The average Bonchev–Trinajstić information content (AvgIpc) is 2.82. The predicted octanol–water partition coefficient (Wildman–Crippen LogP) is 3.17. The van der Waals surface area contributed by atoms with Crippen molar-refractivity contribution in [3.63, 3.8) is 0 Å². The van der Waals surface area contributed by atoms with Crippen molar-refractivity contribution in [2.75, 3.05) is 5.32 Å². The van der Waals surface area contributed by atoms with E-state index in [-0.39, 0.29) is 16.7 Å². The highest BCUT2D eigenvalue weighted by Gasteiger charge is 2.32. The lowest BCUT2D eigenvalue weighted by Gasteiger charge is -2.09. The normalized spacial score (nSPS) is 11.9. The molecule has 0 aromatic carbocycles. The lowest BCUT2D eigenvalue weighted by molar-refractivity contribution is -0.141. The molecule has 0 saturated heterocycles. The van der Waals surface area contributed by atoms with Gasteiger partial charge in [0.05, 0.1) is 11.7 Å². The third kappa shape index (κ3) is 2.80. The molecule has 3 heterocycles. The third-order valence-electron chi connectivity index (χ3n) is 2.77. The Hall–Kier alpha value is -2.42. The summed E-state index contributed by atoms with van der Waals surface area (Å²) in [7, 11) is 1.78. The number of alkyl halides is 3. The van der Waals surface area contributed by atoms with Crippen LogP contribution in [0.25, 0.3) is 11.0 Å². The zero-order chi connectivity index (χ0) is 15.9. The Morgan fingerprint density at radius 2 is 1.95 bits per heavy atom. The monoisotopic (exact) mass is 328 g/mol. The van der Waals surface area contributed by atoms with Crippen LogP contribution >= 0.6 is 11.6 Å². The smallest absolute Gasteiger partial charge is 0.338 e. The number of imidazole rings is 1. The topological polar surface area (TPSA) is 68.5 Å². The van der Waals surface area contributed by atoms with Crippen molar-refractivity contribution in [1.29, 1.82) is 0 Å². The number of aromatic nitrogens is 5.